The Balaban J connectivity index is 1.63. The van der Waals surface area contributed by atoms with Crippen LogP contribution in [0.5, 0.6) is 0 Å². The molecule has 1 heterocycles. The van der Waals surface area contributed by atoms with Gasteiger partial charge in [-0.25, -0.2) is 14.3 Å². The van der Waals surface area contributed by atoms with Gasteiger partial charge in [0.15, 0.2) is 0 Å². The minimum atomic E-state index is -0.418. The zero-order valence-corrected chi connectivity index (χ0v) is 11.4. The summed E-state index contributed by atoms with van der Waals surface area (Å²) >= 11 is 0. The van der Waals surface area contributed by atoms with Gasteiger partial charge in [0.1, 0.15) is 12.4 Å². The molecule has 1 aromatic heterocycles. The van der Waals surface area contributed by atoms with Crippen molar-refractivity contribution in [3.05, 3.63) is 54.6 Å². The highest BCUT2D eigenvalue weighted by molar-refractivity contribution is 5.70. The summed E-state index contributed by atoms with van der Waals surface area (Å²) in [5, 5.41) is 0. The summed E-state index contributed by atoms with van der Waals surface area (Å²) in [7, 11) is 0. The quantitative estimate of drug-likeness (QED) is 0.760. The van der Waals surface area contributed by atoms with Crippen molar-refractivity contribution in [3.63, 3.8) is 0 Å². The average Bonchev–Trinajstić information content (AvgIpc) is 2.99. The van der Waals surface area contributed by atoms with E-state index >= 15 is 0 Å². The number of ether oxygens (including phenoxy) is 2. The fraction of sp³-hybridized carbons (Fsp3) is 0.333. The Bertz CT molecular complexity index is 511. The van der Waals surface area contributed by atoms with Crippen LogP contribution in [0.4, 0.5) is 4.79 Å². The van der Waals surface area contributed by atoms with Gasteiger partial charge in [-0.05, 0) is 12.5 Å². The van der Waals surface area contributed by atoms with Crippen LogP contribution in [0, 0.1) is 0 Å². The van der Waals surface area contributed by atoms with Gasteiger partial charge < -0.3 is 9.47 Å². The lowest BCUT2D eigenvalue weighted by atomic mass is 10.2. The van der Waals surface area contributed by atoms with Crippen molar-refractivity contribution in [2.24, 2.45) is 0 Å². The molecule has 0 saturated heterocycles. The topological polar surface area (TPSA) is 53.4 Å². The van der Waals surface area contributed by atoms with E-state index in [1.165, 1.54) is 17.1 Å². The van der Waals surface area contributed by atoms with E-state index in [9.17, 15) is 4.79 Å². The number of carbonyl (C=O) groups is 1. The summed E-state index contributed by atoms with van der Waals surface area (Å²) in [5.74, 6) is 0. The lowest BCUT2D eigenvalue weighted by Crippen LogP contribution is -2.20. The Kier molecular flexibility index (Phi) is 5.32. The molecule has 5 heteroatoms. The summed E-state index contributed by atoms with van der Waals surface area (Å²) in [6, 6.07) is 9.97. The summed E-state index contributed by atoms with van der Waals surface area (Å²) in [6.45, 7) is 2.97. The van der Waals surface area contributed by atoms with E-state index in [0.717, 1.165) is 5.56 Å². The second kappa shape index (κ2) is 7.45. The SMILES string of the molecule is C[C@H](CCOCc1ccccc1)OC(=O)n1ccnc1. The normalized spacial score (nSPS) is 12.1. The Hall–Kier alpha value is -2.14. The number of benzene rings is 1. The fourth-order valence-corrected chi connectivity index (χ4v) is 1.67. The van der Waals surface area contributed by atoms with Crippen molar-refractivity contribution in [2.75, 3.05) is 6.61 Å². The van der Waals surface area contributed by atoms with Crippen molar-refractivity contribution in [3.8, 4) is 0 Å². The largest absolute Gasteiger partial charge is 0.446 e. The first-order valence-electron chi connectivity index (χ1n) is 6.56. The second-order valence-electron chi connectivity index (χ2n) is 4.49. The Morgan fingerprint density at radius 1 is 1.35 bits per heavy atom. The fourth-order valence-electron chi connectivity index (χ4n) is 1.67. The monoisotopic (exact) mass is 274 g/mol. The molecule has 0 N–H and O–H groups in total. The van der Waals surface area contributed by atoms with Crippen LogP contribution in [0.3, 0.4) is 0 Å². The van der Waals surface area contributed by atoms with E-state index in [1.807, 2.05) is 37.3 Å². The van der Waals surface area contributed by atoms with Crippen LogP contribution in [0.2, 0.25) is 0 Å². The van der Waals surface area contributed by atoms with Gasteiger partial charge in [-0.15, -0.1) is 0 Å². The van der Waals surface area contributed by atoms with Gasteiger partial charge in [0.2, 0.25) is 0 Å². The molecular weight excluding hydrogens is 256 g/mol. The molecule has 0 unspecified atom stereocenters. The lowest BCUT2D eigenvalue weighted by molar-refractivity contribution is 0.0615. The minimum absolute atomic E-state index is 0.194. The molecule has 0 aliphatic carbocycles. The van der Waals surface area contributed by atoms with E-state index in [2.05, 4.69) is 4.98 Å². The predicted octanol–water partition coefficient (Wildman–Crippen LogP) is 2.86. The maximum absolute atomic E-state index is 11.6. The summed E-state index contributed by atoms with van der Waals surface area (Å²) in [4.78, 5) is 15.4. The molecule has 0 fully saturated rings. The molecule has 0 spiro atoms. The van der Waals surface area contributed by atoms with Crippen LogP contribution in [0.25, 0.3) is 0 Å². The first-order chi connectivity index (χ1) is 9.75. The van der Waals surface area contributed by atoms with E-state index in [1.54, 1.807) is 6.20 Å². The van der Waals surface area contributed by atoms with Gasteiger partial charge in [0.25, 0.3) is 0 Å². The molecule has 0 aliphatic heterocycles. The molecule has 0 saturated carbocycles. The first kappa shape index (κ1) is 14.3. The van der Waals surface area contributed by atoms with Crippen molar-refractivity contribution in [1.82, 2.24) is 9.55 Å². The molecule has 0 amide bonds. The maximum atomic E-state index is 11.6. The summed E-state index contributed by atoms with van der Waals surface area (Å²) in [5.41, 5.74) is 1.13. The number of aromatic nitrogens is 2. The van der Waals surface area contributed by atoms with E-state index < -0.39 is 6.09 Å². The molecule has 1 atom stereocenters. The van der Waals surface area contributed by atoms with Crippen molar-refractivity contribution >= 4 is 6.09 Å². The average molecular weight is 274 g/mol. The molecule has 0 aliphatic rings. The zero-order chi connectivity index (χ0) is 14.2. The van der Waals surface area contributed by atoms with E-state index in [0.29, 0.717) is 19.6 Å². The van der Waals surface area contributed by atoms with Gasteiger partial charge in [0.05, 0.1) is 13.2 Å². The molecule has 1 aromatic carbocycles. The van der Waals surface area contributed by atoms with Crippen molar-refractivity contribution in [1.29, 1.82) is 0 Å². The van der Waals surface area contributed by atoms with Crippen LogP contribution in [0.15, 0.2) is 49.1 Å². The van der Waals surface area contributed by atoms with E-state index in [-0.39, 0.29) is 6.10 Å². The van der Waals surface area contributed by atoms with Crippen molar-refractivity contribution in [2.45, 2.75) is 26.1 Å². The summed E-state index contributed by atoms with van der Waals surface area (Å²) in [6.07, 6.45) is 4.56. The Labute approximate surface area is 118 Å². The number of imidazole rings is 1. The number of rotatable bonds is 6. The third kappa shape index (κ3) is 4.51. The number of hydrogen-bond acceptors (Lipinski definition) is 4. The second-order valence-corrected chi connectivity index (χ2v) is 4.49. The highest BCUT2D eigenvalue weighted by Gasteiger charge is 2.10. The summed E-state index contributed by atoms with van der Waals surface area (Å²) < 4.78 is 12.1. The highest BCUT2D eigenvalue weighted by atomic mass is 16.6. The van der Waals surface area contributed by atoms with Gasteiger partial charge >= 0.3 is 6.09 Å². The predicted molar refractivity (Wildman–Crippen MR) is 74.3 cm³/mol. The molecule has 5 nitrogen and oxygen atoms in total. The highest BCUT2D eigenvalue weighted by Crippen LogP contribution is 2.04. The smallest absolute Gasteiger partial charge is 0.419 e. The van der Waals surface area contributed by atoms with Gasteiger partial charge in [-0.3, -0.25) is 0 Å². The van der Waals surface area contributed by atoms with Crippen molar-refractivity contribution < 1.29 is 14.3 Å². The van der Waals surface area contributed by atoms with Crippen LogP contribution in [-0.2, 0) is 16.1 Å². The third-order valence-electron chi connectivity index (χ3n) is 2.80. The third-order valence-corrected chi connectivity index (χ3v) is 2.80. The molecule has 0 bridgehead atoms. The molecule has 2 aromatic rings. The molecule has 0 radical (unpaired) electrons. The maximum Gasteiger partial charge on any atom is 0.419 e. The number of nitrogens with zero attached hydrogens (tertiary/aromatic N) is 2. The van der Waals surface area contributed by atoms with Crippen LogP contribution in [0.1, 0.15) is 18.9 Å². The molecule has 2 rings (SSSR count). The first-order valence-corrected chi connectivity index (χ1v) is 6.56. The lowest BCUT2D eigenvalue weighted by Gasteiger charge is -2.13. The number of carbonyl (C=O) groups excluding carboxylic acids is 1. The molecular formula is C15H18N2O3. The Morgan fingerprint density at radius 3 is 2.85 bits per heavy atom. The van der Waals surface area contributed by atoms with E-state index in [4.69, 9.17) is 9.47 Å². The van der Waals surface area contributed by atoms with Gasteiger partial charge in [-0.1, -0.05) is 30.3 Å². The minimum Gasteiger partial charge on any atom is -0.446 e. The zero-order valence-electron chi connectivity index (χ0n) is 11.4. The van der Waals surface area contributed by atoms with Crippen LogP contribution < -0.4 is 0 Å². The number of hydrogen-bond donors (Lipinski definition) is 0. The van der Waals surface area contributed by atoms with Crippen LogP contribution in [-0.4, -0.2) is 28.4 Å². The standard InChI is InChI=1S/C15H18N2O3/c1-13(20-15(18)17-9-8-16-12-17)7-10-19-11-14-5-3-2-4-6-14/h2-6,8-9,12-13H,7,10-11H2,1H3/t13-/m1/s1. The molecule has 106 valence electrons. The Morgan fingerprint density at radius 2 is 2.15 bits per heavy atom. The van der Waals surface area contributed by atoms with Gasteiger partial charge in [-0.2, -0.15) is 0 Å². The molecule has 20 heavy (non-hydrogen) atoms. The van der Waals surface area contributed by atoms with Crippen LogP contribution >= 0.6 is 0 Å². The van der Waals surface area contributed by atoms with Gasteiger partial charge in [0, 0.05) is 18.8 Å².